The quantitative estimate of drug-likeness (QED) is 0.676. The largest absolute Gasteiger partial charge is 0.750 e. The number of hydrogen-bond acceptors (Lipinski definition) is 6. The Hall–Kier alpha value is 0.572. The molecule has 1 N–H and O–H groups in total. The van der Waals surface area contributed by atoms with Crippen LogP contribution in [0.15, 0.2) is 0 Å². The van der Waals surface area contributed by atoms with E-state index in [0.29, 0.717) is 0 Å². The third kappa shape index (κ3) is 3.66. The van der Waals surface area contributed by atoms with Crippen LogP contribution >= 0.6 is 16.5 Å². The predicted molar refractivity (Wildman–Crippen MR) is 29.3 cm³/mol. The topological polar surface area (TPSA) is 82.1 Å². The van der Waals surface area contributed by atoms with E-state index in [1.165, 1.54) is 0 Å². The second kappa shape index (κ2) is 5.26. The molecule has 0 bridgehead atoms. The molecule has 0 radical (unpaired) electrons. The van der Waals surface area contributed by atoms with Gasteiger partial charge in [-0.2, -0.15) is 0 Å². The van der Waals surface area contributed by atoms with Crippen LogP contribution in [0.3, 0.4) is 0 Å². The van der Waals surface area contributed by atoms with Crippen molar-refractivity contribution in [1.29, 1.82) is 0 Å². The third-order valence-electron chi connectivity index (χ3n) is 0.690. The fourth-order valence-corrected chi connectivity index (χ4v) is 1.79. The molecular formula is C2H4CrO6P2+2. The summed E-state index contributed by atoms with van der Waals surface area (Å²) < 4.78 is 33.5. The Bertz CT molecular complexity index is 156. The van der Waals surface area contributed by atoms with Gasteiger partial charge in [-0.05, 0) is 0 Å². The molecule has 0 aromatic heterocycles. The first kappa shape index (κ1) is 11.6. The van der Waals surface area contributed by atoms with E-state index in [0.717, 1.165) is 0 Å². The summed E-state index contributed by atoms with van der Waals surface area (Å²) in [6.45, 7) is -0.495. The average molecular weight is 238 g/mol. The normalized spacial score (nSPS) is 31.2. The summed E-state index contributed by atoms with van der Waals surface area (Å²) in [6.07, 6.45) is -1.10. The Kier molecular flexibility index (Phi) is 5.53. The van der Waals surface area contributed by atoms with E-state index in [9.17, 15) is 9.13 Å². The van der Waals surface area contributed by atoms with Crippen molar-refractivity contribution in [3.63, 3.8) is 0 Å². The molecule has 0 aliphatic carbocycles. The second-order valence-electron chi connectivity index (χ2n) is 1.35. The van der Waals surface area contributed by atoms with Crippen molar-refractivity contribution >= 4 is 16.5 Å². The number of aliphatic hydroxyl groups is 1. The number of rotatable bonds is 1. The first-order valence-corrected chi connectivity index (χ1v) is 4.48. The maximum atomic E-state index is 10.4. The molecule has 1 aliphatic rings. The van der Waals surface area contributed by atoms with Crippen molar-refractivity contribution in [3.05, 3.63) is 0 Å². The van der Waals surface area contributed by atoms with E-state index < -0.39 is 29.4 Å². The molecule has 0 spiro atoms. The zero-order valence-corrected chi connectivity index (χ0v) is 8.14. The summed E-state index contributed by atoms with van der Waals surface area (Å²) in [6, 6.07) is 0. The van der Waals surface area contributed by atoms with E-state index in [-0.39, 0.29) is 17.4 Å². The molecule has 0 amide bonds. The van der Waals surface area contributed by atoms with Crippen LogP contribution in [0.25, 0.3) is 0 Å². The van der Waals surface area contributed by atoms with Gasteiger partial charge in [-0.3, -0.25) is 0 Å². The maximum absolute atomic E-state index is 10.4. The van der Waals surface area contributed by atoms with Gasteiger partial charge < -0.3 is 5.11 Å². The Morgan fingerprint density at radius 1 is 1.27 bits per heavy atom. The van der Waals surface area contributed by atoms with Gasteiger partial charge in [0.1, 0.15) is 6.61 Å². The standard InChI is InChI=1S/C2H4O6P2.Cr/c3-1-2-6-9(4)8-10(5)7-2;/h2-3H,1H2;/q+2;. The zero-order valence-electron chi connectivity index (χ0n) is 5.08. The van der Waals surface area contributed by atoms with Gasteiger partial charge >= 0.3 is 16.5 Å². The number of hydrogen-bond donors (Lipinski definition) is 1. The third-order valence-corrected chi connectivity index (χ3v) is 2.57. The molecule has 2 atom stereocenters. The Labute approximate surface area is 74.9 Å². The first-order valence-electron chi connectivity index (χ1n) is 2.29. The van der Waals surface area contributed by atoms with E-state index in [2.05, 4.69) is 13.4 Å². The monoisotopic (exact) mass is 238 g/mol. The van der Waals surface area contributed by atoms with Crippen LogP contribution in [0, 0.1) is 0 Å². The van der Waals surface area contributed by atoms with Gasteiger partial charge in [0.15, 0.2) is 4.31 Å². The molecule has 2 unspecified atom stereocenters. The fourth-order valence-electron chi connectivity index (χ4n) is 0.371. The zero-order chi connectivity index (χ0) is 7.56. The Balaban J connectivity index is 0.000001000. The molecule has 0 aromatic carbocycles. The van der Waals surface area contributed by atoms with Gasteiger partial charge in [0.25, 0.3) is 6.29 Å². The van der Waals surface area contributed by atoms with E-state index in [4.69, 9.17) is 5.11 Å². The minimum absolute atomic E-state index is 0. The maximum Gasteiger partial charge on any atom is 0.750 e. The molecule has 0 aromatic rings. The number of aliphatic hydroxyl groups excluding tert-OH is 1. The molecule has 0 saturated carbocycles. The van der Waals surface area contributed by atoms with Crippen molar-refractivity contribution in [2.24, 2.45) is 0 Å². The minimum atomic E-state index is -2.39. The van der Waals surface area contributed by atoms with E-state index in [1.54, 1.807) is 0 Å². The van der Waals surface area contributed by atoms with Gasteiger partial charge in [0, 0.05) is 26.5 Å². The molecule has 1 saturated heterocycles. The fraction of sp³-hybridized carbons (Fsp3) is 1.00. The molecule has 11 heavy (non-hydrogen) atoms. The van der Waals surface area contributed by atoms with Gasteiger partial charge in [-0.25, -0.2) is 0 Å². The molecule has 6 nitrogen and oxygen atoms in total. The van der Waals surface area contributed by atoms with Crippen molar-refractivity contribution in [2.75, 3.05) is 6.61 Å². The average Bonchev–Trinajstić information content (AvgIpc) is 1.85. The molecule has 1 fully saturated rings. The Morgan fingerprint density at radius 2 is 1.73 bits per heavy atom. The van der Waals surface area contributed by atoms with Crippen LogP contribution in [0.1, 0.15) is 0 Å². The molecule has 1 aliphatic heterocycles. The van der Waals surface area contributed by atoms with Gasteiger partial charge in [-0.1, -0.05) is 9.05 Å². The van der Waals surface area contributed by atoms with Crippen molar-refractivity contribution in [3.8, 4) is 0 Å². The van der Waals surface area contributed by atoms with Gasteiger partial charge in [0.2, 0.25) is 0 Å². The van der Waals surface area contributed by atoms with Gasteiger partial charge in [-0.15, -0.1) is 0 Å². The van der Waals surface area contributed by atoms with Crippen LogP contribution in [-0.4, -0.2) is 18.0 Å². The van der Waals surface area contributed by atoms with E-state index >= 15 is 0 Å². The van der Waals surface area contributed by atoms with Crippen LogP contribution in [0.4, 0.5) is 0 Å². The van der Waals surface area contributed by atoms with E-state index in [1.807, 2.05) is 0 Å². The van der Waals surface area contributed by atoms with Crippen LogP contribution < -0.4 is 0 Å². The Morgan fingerprint density at radius 3 is 2.09 bits per heavy atom. The van der Waals surface area contributed by atoms with Gasteiger partial charge in [0.05, 0.1) is 0 Å². The molecule has 1 heterocycles. The second-order valence-corrected chi connectivity index (χ2v) is 3.32. The van der Waals surface area contributed by atoms with Crippen LogP contribution in [0.5, 0.6) is 0 Å². The summed E-state index contributed by atoms with van der Waals surface area (Å²) in [4.78, 5) is 0. The van der Waals surface area contributed by atoms with Crippen molar-refractivity contribution < 1.29 is 45.0 Å². The summed E-state index contributed by atoms with van der Waals surface area (Å²) in [5.41, 5.74) is 0. The minimum Gasteiger partial charge on any atom is -0.391 e. The summed E-state index contributed by atoms with van der Waals surface area (Å²) in [5.74, 6) is 0. The van der Waals surface area contributed by atoms with Crippen molar-refractivity contribution in [2.45, 2.75) is 6.29 Å². The molecular weight excluding hydrogens is 234 g/mol. The summed E-state index contributed by atoms with van der Waals surface area (Å²) >= 11 is 0. The molecule has 62 valence electrons. The summed E-state index contributed by atoms with van der Waals surface area (Å²) in [5, 5.41) is 8.36. The smallest absolute Gasteiger partial charge is 0.391 e. The van der Waals surface area contributed by atoms with Crippen LogP contribution in [-0.2, 0) is 39.8 Å². The molecule has 9 heteroatoms. The summed E-state index contributed by atoms with van der Waals surface area (Å²) in [7, 11) is -4.79. The van der Waals surface area contributed by atoms with Crippen LogP contribution in [0.2, 0.25) is 0 Å². The SMILES string of the molecule is O=[P+]1OC(CO)O[P+](=O)O1.[Cr]. The molecule has 1 rings (SSSR count). The van der Waals surface area contributed by atoms with Crippen molar-refractivity contribution in [1.82, 2.24) is 0 Å². The first-order chi connectivity index (χ1) is 4.72. The predicted octanol–water partition coefficient (Wildman–Crippen LogP) is 0.680.